The predicted molar refractivity (Wildman–Crippen MR) is 75.2 cm³/mol. The van der Waals surface area contributed by atoms with Crippen LogP contribution in [0.15, 0.2) is 36.7 Å². The van der Waals surface area contributed by atoms with Crippen LogP contribution in [0.2, 0.25) is 0 Å². The van der Waals surface area contributed by atoms with Crippen molar-refractivity contribution in [3.8, 4) is 11.1 Å². The zero-order chi connectivity index (χ0) is 14.3. The van der Waals surface area contributed by atoms with Gasteiger partial charge in [0.15, 0.2) is 0 Å². The van der Waals surface area contributed by atoms with Gasteiger partial charge in [-0.15, -0.1) is 0 Å². The van der Waals surface area contributed by atoms with Gasteiger partial charge in [-0.25, -0.2) is 0 Å². The molecule has 0 aliphatic carbocycles. The summed E-state index contributed by atoms with van der Waals surface area (Å²) in [6.07, 6.45) is 3.78. The molecule has 2 rings (SSSR count). The summed E-state index contributed by atoms with van der Waals surface area (Å²) in [5.74, 6) is 0. The van der Waals surface area contributed by atoms with Crippen LogP contribution in [0.1, 0.15) is 12.5 Å². The minimum Gasteiger partial charge on any atom is -0.385 e. The van der Waals surface area contributed by atoms with Gasteiger partial charge >= 0.3 is 0 Å². The molecule has 0 aliphatic rings. The minimum atomic E-state index is -0.395. The third-order valence-electron chi connectivity index (χ3n) is 2.63. The highest BCUT2D eigenvalue weighted by atomic mass is 16.6. The molecule has 0 amide bonds. The van der Waals surface area contributed by atoms with Gasteiger partial charge in [0.1, 0.15) is 0 Å². The first kappa shape index (κ1) is 14.9. The van der Waals surface area contributed by atoms with Gasteiger partial charge in [0.25, 0.3) is 5.69 Å². The second-order valence-corrected chi connectivity index (χ2v) is 3.93. The minimum absolute atomic E-state index is 0.118. The summed E-state index contributed by atoms with van der Waals surface area (Å²) in [6, 6.07) is 6.55. The molecular formula is C14H18N2O3. The smallest absolute Gasteiger partial charge is 0.269 e. The van der Waals surface area contributed by atoms with E-state index >= 15 is 0 Å². The number of nitro groups is 1. The van der Waals surface area contributed by atoms with Crippen LogP contribution >= 0.6 is 0 Å². The third kappa shape index (κ3) is 4.22. The fourth-order valence-corrected chi connectivity index (χ4v) is 1.52. The average molecular weight is 262 g/mol. The van der Waals surface area contributed by atoms with Crippen LogP contribution in [0.5, 0.6) is 0 Å². The number of nitrogens with zero attached hydrogens (tertiary/aromatic N) is 1. The fourth-order valence-electron chi connectivity index (χ4n) is 1.52. The van der Waals surface area contributed by atoms with Crippen molar-refractivity contribution in [2.24, 2.45) is 0 Å². The highest BCUT2D eigenvalue weighted by Gasteiger charge is 2.06. The Kier molecular flexibility index (Phi) is 5.75. The normalized spacial score (nSPS) is 9.63. The summed E-state index contributed by atoms with van der Waals surface area (Å²) in [5, 5.41) is 10.5. The molecule has 1 heterocycles. The monoisotopic (exact) mass is 262 g/mol. The van der Waals surface area contributed by atoms with E-state index < -0.39 is 4.92 Å². The zero-order valence-electron chi connectivity index (χ0n) is 11.3. The largest absolute Gasteiger partial charge is 0.385 e. The molecular weight excluding hydrogens is 244 g/mol. The molecule has 1 aromatic carbocycles. The van der Waals surface area contributed by atoms with E-state index in [4.69, 9.17) is 0 Å². The van der Waals surface area contributed by atoms with E-state index in [9.17, 15) is 10.1 Å². The Morgan fingerprint density at radius 1 is 1.26 bits per heavy atom. The Labute approximate surface area is 112 Å². The third-order valence-corrected chi connectivity index (χ3v) is 2.63. The van der Waals surface area contributed by atoms with Gasteiger partial charge in [0.05, 0.1) is 4.92 Å². The van der Waals surface area contributed by atoms with E-state index in [2.05, 4.69) is 9.72 Å². The van der Waals surface area contributed by atoms with Crippen LogP contribution in [0.4, 0.5) is 5.69 Å². The molecule has 0 spiro atoms. The number of non-ortho nitro benzene ring substituents is 1. The van der Waals surface area contributed by atoms with Crippen LogP contribution in [-0.2, 0) is 4.74 Å². The van der Waals surface area contributed by atoms with E-state index in [1.54, 1.807) is 19.2 Å². The second kappa shape index (κ2) is 7.33. The highest BCUT2D eigenvalue weighted by molar-refractivity contribution is 5.67. The topological polar surface area (TPSA) is 68.2 Å². The lowest BCUT2D eigenvalue weighted by atomic mass is 10.1. The molecule has 5 nitrogen and oxygen atoms in total. The molecule has 0 saturated heterocycles. The molecule has 0 bridgehead atoms. The van der Waals surface area contributed by atoms with E-state index in [1.165, 1.54) is 12.1 Å². The maximum Gasteiger partial charge on any atom is 0.269 e. The van der Waals surface area contributed by atoms with Gasteiger partial charge in [-0.2, -0.15) is 0 Å². The number of hydrogen-bond acceptors (Lipinski definition) is 3. The number of aryl methyl sites for hydroxylation is 1. The number of rotatable bonds is 3. The number of aromatic nitrogens is 1. The lowest BCUT2D eigenvalue weighted by Gasteiger charge is -1.99. The summed E-state index contributed by atoms with van der Waals surface area (Å²) >= 11 is 0. The number of benzene rings is 1. The Morgan fingerprint density at radius 2 is 1.84 bits per heavy atom. The van der Waals surface area contributed by atoms with E-state index in [1.807, 2.05) is 26.2 Å². The van der Waals surface area contributed by atoms with Gasteiger partial charge in [-0.3, -0.25) is 10.1 Å². The van der Waals surface area contributed by atoms with Crippen LogP contribution in [0.3, 0.4) is 0 Å². The number of hydrogen-bond donors (Lipinski definition) is 1. The zero-order valence-corrected chi connectivity index (χ0v) is 11.3. The summed E-state index contributed by atoms with van der Waals surface area (Å²) in [4.78, 5) is 13.1. The average Bonchev–Trinajstić information content (AvgIpc) is 2.85. The first-order valence-corrected chi connectivity index (χ1v) is 5.97. The molecule has 1 N–H and O–H groups in total. The first-order chi connectivity index (χ1) is 9.10. The maximum absolute atomic E-state index is 10.5. The molecule has 19 heavy (non-hydrogen) atoms. The van der Waals surface area contributed by atoms with Crippen molar-refractivity contribution in [3.05, 3.63) is 52.3 Å². The standard InChI is InChI=1S/C11H10N2O2.C3H8O/c1-8-6-12-7-11(8)9-2-4-10(5-3-9)13(14)15;1-3-4-2/h2-7,12H,1H3;3H2,1-2H3. The molecule has 2 aromatic rings. The molecule has 0 saturated carbocycles. The molecule has 0 fully saturated rings. The molecule has 5 heteroatoms. The van der Waals surface area contributed by atoms with Crippen molar-refractivity contribution >= 4 is 5.69 Å². The second-order valence-electron chi connectivity index (χ2n) is 3.93. The number of ether oxygens (including phenoxy) is 1. The Bertz CT molecular complexity index is 516. The van der Waals surface area contributed by atoms with Gasteiger partial charge in [-0.05, 0) is 37.1 Å². The molecule has 0 atom stereocenters. The lowest BCUT2D eigenvalue weighted by molar-refractivity contribution is -0.384. The van der Waals surface area contributed by atoms with Crippen molar-refractivity contribution in [1.82, 2.24) is 4.98 Å². The van der Waals surface area contributed by atoms with Crippen LogP contribution < -0.4 is 0 Å². The Hall–Kier alpha value is -2.14. The number of methoxy groups -OCH3 is 1. The van der Waals surface area contributed by atoms with Crippen LogP contribution in [-0.4, -0.2) is 23.6 Å². The van der Waals surface area contributed by atoms with Crippen LogP contribution in [0.25, 0.3) is 11.1 Å². The van der Waals surface area contributed by atoms with Crippen LogP contribution in [0, 0.1) is 17.0 Å². The number of nitrogens with one attached hydrogen (secondary N) is 1. The van der Waals surface area contributed by atoms with Crippen molar-refractivity contribution in [3.63, 3.8) is 0 Å². The molecule has 1 aromatic heterocycles. The number of nitro benzene ring substituents is 1. The highest BCUT2D eigenvalue weighted by Crippen LogP contribution is 2.24. The summed E-state index contributed by atoms with van der Waals surface area (Å²) in [5.41, 5.74) is 3.31. The summed E-state index contributed by atoms with van der Waals surface area (Å²) < 4.78 is 4.54. The van der Waals surface area contributed by atoms with Gasteiger partial charge in [0, 0.05) is 43.8 Å². The molecule has 102 valence electrons. The predicted octanol–water partition coefficient (Wildman–Crippen LogP) is 3.55. The molecule has 0 unspecified atom stereocenters. The summed E-state index contributed by atoms with van der Waals surface area (Å²) in [6.45, 7) is 4.77. The van der Waals surface area contributed by atoms with Crippen molar-refractivity contribution in [2.75, 3.05) is 13.7 Å². The van der Waals surface area contributed by atoms with Gasteiger partial charge in [-0.1, -0.05) is 0 Å². The van der Waals surface area contributed by atoms with E-state index in [0.717, 1.165) is 23.3 Å². The summed E-state index contributed by atoms with van der Waals surface area (Å²) in [7, 11) is 1.68. The SMILES string of the molecule is CCOC.Cc1c[nH]cc1-c1ccc([N+](=O)[O-])cc1. The Morgan fingerprint density at radius 3 is 2.21 bits per heavy atom. The molecule has 0 aliphatic heterocycles. The van der Waals surface area contributed by atoms with Crippen molar-refractivity contribution in [1.29, 1.82) is 0 Å². The number of aromatic amines is 1. The van der Waals surface area contributed by atoms with E-state index in [0.29, 0.717) is 0 Å². The Balaban J connectivity index is 0.000000399. The first-order valence-electron chi connectivity index (χ1n) is 5.97. The molecule has 0 radical (unpaired) electrons. The lowest BCUT2D eigenvalue weighted by Crippen LogP contribution is -1.87. The fraction of sp³-hybridized carbons (Fsp3) is 0.286. The van der Waals surface area contributed by atoms with Crippen molar-refractivity contribution < 1.29 is 9.66 Å². The van der Waals surface area contributed by atoms with Gasteiger partial charge < -0.3 is 9.72 Å². The maximum atomic E-state index is 10.5. The number of H-pyrrole nitrogens is 1. The quantitative estimate of drug-likeness (QED) is 0.679. The van der Waals surface area contributed by atoms with Gasteiger partial charge in [0.2, 0.25) is 0 Å². The van der Waals surface area contributed by atoms with E-state index in [-0.39, 0.29) is 5.69 Å². The van der Waals surface area contributed by atoms with Crippen molar-refractivity contribution in [2.45, 2.75) is 13.8 Å².